The standard InChI is InChI=1S/C20H24N4O3/c1-3-8-21-18(25)13-22-9-11-23(12-10-22)19(26)14-24-15(2)16-6-4-5-7-17(16)20(24)27/h3-7H,1-2,8-14H2,(H,21,25). The Kier molecular flexibility index (Phi) is 5.71. The Labute approximate surface area is 158 Å². The van der Waals surface area contributed by atoms with Gasteiger partial charge in [-0.25, -0.2) is 0 Å². The summed E-state index contributed by atoms with van der Waals surface area (Å²) in [4.78, 5) is 42.1. The van der Waals surface area contributed by atoms with Crippen molar-refractivity contribution in [2.45, 2.75) is 0 Å². The lowest BCUT2D eigenvalue weighted by Gasteiger charge is -2.35. The van der Waals surface area contributed by atoms with Gasteiger partial charge < -0.3 is 10.2 Å². The van der Waals surface area contributed by atoms with Crippen molar-refractivity contribution < 1.29 is 14.4 Å². The lowest BCUT2D eigenvalue weighted by atomic mass is 10.1. The van der Waals surface area contributed by atoms with Gasteiger partial charge in [0.1, 0.15) is 6.54 Å². The van der Waals surface area contributed by atoms with E-state index >= 15 is 0 Å². The van der Waals surface area contributed by atoms with Crippen molar-refractivity contribution in [3.63, 3.8) is 0 Å². The molecule has 7 nitrogen and oxygen atoms in total. The Balaban J connectivity index is 1.51. The molecule has 3 amide bonds. The zero-order valence-corrected chi connectivity index (χ0v) is 15.3. The van der Waals surface area contributed by atoms with Crippen molar-refractivity contribution in [2.24, 2.45) is 0 Å². The lowest BCUT2D eigenvalue weighted by molar-refractivity contribution is -0.133. The molecule has 0 aromatic heterocycles. The largest absolute Gasteiger partial charge is 0.352 e. The van der Waals surface area contributed by atoms with Crippen LogP contribution in [0.3, 0.4) is 0 Å². The summed E-state index contributed by atoms with van der Waals surface area (Å²) < 4.78 is 0. The third kappa shape index (κ3) is 4.09. The molecule has 0 atom stereocenters. The number of fused-ring (bicyclic) bond motifs is 1. The molecule has 1 aromatic rings. The topological polar surface area (TPSA) is 73.0 Å². The number of benzene rings is 1. The number of nitrogens with one attached hydrogen (secondary N) is 1. The number of amides is 3. The Morgan fingerprint density at radius 2 is 1.74 bits per heavy atom. The molecular weight excluding hydrogens is 344 g/mol. The highest BCUT2D eigenvalue weighted by molar-refractivity contribution is 6.10. The van der Waals surface area contributed by atoms with E-state index in [9.17, 15) is 14.4 Å². The fourth-order valence-corrected chi connectivity index (χ4v) is 3.34. The highest BCUT2D eigenvalue weighted by Crippen LogP contribution is 2.30. The molecule has 2 aliphatic rings. The number of hydrogen-bond acceptors (Lipinski definition) is 4. The first-order valence-corrected chi connectivity index (χ1v) is 8.99. The molecule has 0 saturated carbocycles. The molecule has 2 heterocycles. The highest BCUT2D eigenvalue weighted by Gasteiger charge is 2.33. The van der Waals surface area contributed by atoms with Crippen LogP contribution in [0.1, 0.15) is 15.9 Å². The van der Waals surface area contributed by atoms with Gasteiger partial charge >= 0.3 is 0 Å². The zero-order chi connectivity index (χ0) is 19.4. The highest BCUT2D eigenvalue weighted by atomic mass is 16.2. The van der Waals surface area contributed by atoms with Gasteiger partial charge in [0.05, 0.1) is 6.54 Å². The van der Waals surface area contributed by atoms with E-state index in [1.165, 1.54) is 4.90 Å². The second kappa shape index (κ2) is 8.18. The fourth-order valence-electron chi connectivity index (χ4n) is 3.34. The van der Waals surface area contributed by atoms with Gasteiger partial charge in [-0.3, -0.25) is 24.2 Å². The summed E-state index contributed by atoms with van der Waals surface area (Å²) >= 11 is 0. The van der Waals surface area contributed by atoms with E-state index in [2.05, 4.69) is 18.5 Å². The summed E-state index contributed by atoms with van der Waals surface area (Å²) in [5, 5.41) is 2.75. The lowest BCUT2D eigenvalue weighted by Crippen LogP contribution is -2.52. The molecule has 142 valence electrons. The smallest absolute Gasteiger partial charge is 0.259 e. The Hall–Kier alpha value is -2.93. The van der Waals surface area contributed by atoms with Crippen LogP contribution in [0.15, 0.2) is 43.5 Å². The average Bonchev–Trinajstić information content (AvgIpc) is 2.92. The minimum Gasteiger partial charge on any atom is -0.352 e. The summed E-state index contributed by atoms with van der Waals surface area (Å²) in [5.74, 6) is -0.332. The molecule has 0 unspecified atom stereocenters. The van der Waals surface area contributed by atoms with Gasteiger partial charge in [0.25, 0.3) is 5.91 Å². The number of rotatable bonds is 6. The molecule has 2 aliphatic heterocycles. The van der Waals surface area contributed by atoms with Crippen molar-refractivity contribution in [3.8, 4) is 0 Å². The van der Waals surface area contributed by atoms with E-state index in [-0.39, 0.29) is 24.3 Å². The minimum absolute atomic E-state index is 0.00777. The monoisotopic (exact) mass is 368 g/mol. The van der Waals surface area contributed by atoms with Crippen LogP contribution < -0.4 is 5.32 Å². The van der Waals surface area contributed by atoms with Crippen LogP contribution in [-0.4, -0.2) is 78.2 Å². The first kappa shape index (κ1) is 18.8. The Bertz CT molecular complexity index is 746. The normalized spacial score (nSPS) is 17.0. The molecular formula is C20H24N4O3. The predicted molar refractivity (Wildman–Crippen MR) is 103 cm³/mol. The van der Waals surface area contributed by atoms with E-state index < -0.39 is 0 Å². The van der Waals surface area contributed by atoms with E-state index in [1.54, 1.807) is 23.1 Å². The summed E-state index contributed by atoms with van der Waals surface area (Å²) in [6.07, 6.45) is 1.64. The van der Waals surface area contributed by atoms with E-state index in [1.807, 2.05) is 17.0 Å². The molecule has 1 aromatic carbocycles. The zero-order valence-electron chi connectivity index (χ0n) is 15.3. The SMILES string of the molecule is C=CCNC(=O)CN1CCN(C(=O)CN2C(=C)c3ccccc3C2=O)CC1. The second-order valence-corrected chi connectivity index (χ2v) is 6.63. The number of carbonyl (C=O) groups excluding carboxylic acids is 3. The molecule has 1 fully saturated rings. The second-order valence-electron chi connectivity index (χ2n) is 6.63. The summed E-state index contributed by atoms with van der Waals surface area (Å²) in [5.41, 5.74) is 1.94. The van der Waals surface area contributed by atoms with Gasteiger partial charge in [0.15, 0.2) is 0 Å². The van der Waals surface area contributed by atoms with Gasteiger partial charge in [-0.05, 0) is 6.07 Å². The molecule has 1 saturated heterocycles. The molecule has 27 heavy (non-hydrogen) atoms. The first-order valence-electron chi connectivity index (χ1n) is 8.99. The molecule has 0 radical (unpaired) electrons. The fraction of sp³-hybridized carbons (Fsp3) is 0.350. The first-order chi connectivity index (χ1) is 13.0. The third-order valence-electron chi connectivity index (χ3n) is 4.87. The van der Waals surface area contributed by atoms with Crippen LogP contribution >= 0.6 is 0 Å². The summed E-state index contributed by atoms with van der Waals surface area (Å²) in [6.45, 7) is 10.6. The van der Waals surface area contributed by atoms with Crippen molar-refractivity contribution in [1.82, 2.24) is 20.0 Å². The maximum Gasteiger partial charge on any atom is 0.259 e. The van der Waals surface area contributed by atoms with Crippen LogP contribution in [0.5, 0.6) is 0 Å². The maximum absolute atomic E-state index is 12.6. The van der Waals surface area contributed by atoms with Crippen LogP contribution in [0.25, 0.3) is 5.70 Å². The Morgan fingerprint density at radius 3 is 2.37 bits per heavy atom. The van der Waals surface area contributed by atoms with Gasteiger partial charge in [-0.2, -0.15) is 0 Å². The van der Waals surface area contributed by atoms with Gasteiger partial charge in [0.2, 0.25) is 11.8 Å². The van der Waals surface area contributed by atoms with Crippen molar-refractivity contribution in [1.29, 1.82) is 0 Å². The minimum atomic E-state index is -0.179. The number of hydrogen-bond donors (Lipinski definition) is 1. The molecule has 1 N–H and O–H groups in total. The Morgan fingerprint density at radius 1 is 1.07 bits per heavy atom. The molecule has 0 bridgehead atoms. The van der Waals surface area contributed by atoms with Gasteiger partial charge in [0, 0.05) is 49.5 Å². The third-order valence-corrected chi connectivity index (χ3v) is 4.87. The van der Waals surface area contributed by atoms with Crippen LogP contribution in [0.2, 0.25) is 0 Å². The predicted octanol–water partition coefficient (Wildman–Crippen LogP) is 0.560. The quantitative estimate of drug-likeness (QED) is 0.745. The number of piperazine rings is 1. The number of nitrogens with zero attached hydrogens (tertiary/aromatic N) is 3. The van der Waals surface area contributed by atoms with E-state index in [4.69, 9.17) is 0 Å². The van der Waals surface area contributed by atoms with E-state index in [0.29, 0.717) is 50.5 Å². The number of carbonyl (C=O) groups is 3. The van der Waals surface area contributed by atoms with Gasteiger partial charge in [-0.1, -0.05) is 30.9 Å². The molecule has 0 aliphatic carbocycles. The molecule has 0 spiro atoms. The van der Waals surface area contributed by atoms with Crippen LogP contribution in [0.4, 0.5) is 0 Å². The average molecular weight is 368 g/mol. The molecule has 3 rings (SSSR count). The van der Waals surface area contributed by atoms with E-state index in [0.717, 1.165) is 5.56 Å². The summed E-state index contributed by atoms with van der Waals surface area (Å²) in [7, 11) is 0. The maximum atomic E-state index is 12.6. The van der Waals surface area contributed by atoms with Crippen molar-refractivity contribution in [3.05, 3.63) is 54.6 Å². The van der Waals surface area contributed by atoms with Gasteiger partial charge in [-0.15, -0.1) is 6.58 Å². The summed E-state index contributed by atoms with van der Waals surface area (Å²) in [6, 6.07) is 7.26. The van der Waals surface area contributed by atoms with Crippen LogP contribution in [-0.2, 0) is 9.59 Å². The van der Waals surface area contributed by atoms with Crippen molar-refractivity contribution in [2.75, 3.05) is 45.8 Å². The van der Waals surface area contributed by atoms with Crippen LogP contribution in [0, 0.1) is 0 Å². The molecule has 7 heteroatoms. The van der Waals surface area contributed by atoms with Crippen molar-refractivity contribution >= 4 is 23.4 Å².